The molecule has 0 unspecified atom stereocenters. The van der Waals surface area contributed by atoms with Crippen molar-refractivity contribution in [3.8, 4) is 11.5 Å². The van der Waals surface area contributed by atoms with Crippen molar-refractivity contribution in [2.24, 2.45) is 7.05 Å². The number of carbonyl (C=O) groups excluding carboxylic acids is 1. The molecule has 0 spiro atoms. The largest absolute Gasteiger partial charge is 0.449 e. The zero-order chi connectivity index (χ0) is 21.1. The van der Waals surface area contributed by atoms with Crippen LogP contribution in [0.2, 0.25) is 0 Å². The second kappa shape index (κ2) is 8.05. The smallest absolute Gasteiger partial charge is 0.331 e. The summed E-state index contributed by atoms with van der Waals surface area (Å²) < 4.78 is 12.6. The fourth-order valence-electron chi connectivity index (χ4n) is 2.69. The molecule has 10 heteroatoms. The molecule has 0 saturated heterocycles. The molecule has 0 aliphatic rings. The maximum Gasteiger partial charge on any atom is 0.331 e. The first-order valence-electron chi connectivity index (χ1n) is 8.73. The Hall–Kier alpha value is -3.82. The number of rotatable bonds is 6. The predicted octanol–water partition coefficient (Wildman–Crippen LogP) is 3.31. The van der Waals surface area contributed by atoms with Gasteiger partial charge >= 0.3 is 5.97 Å². The second-order valence-electron chi connectivity index (χ2n) is 6.37. The molecule has 3 rings (SSSR count). The van der Waals surface area contributed by atoms with Crippen LogP contribution in [0.3, 0.4) is 0 Å². The molecule has 10 nitrogen and oxygen atoms in total. The molecule has 1 atom stereocenters. The van der Waals surface area contributed by atoms with Gasteiger partial charge in [-0.3, -0.25) is 14.8 Å². The number of nitrogens with zero attached hydrogens (tertiary/aromatic N) is 5. The fraction of sp³-hybridized carbons (Fsp3) is 0.263. The molecule has 29 heavy (non-hydrogen) atoms. The summed E-state index contributed by atoms with van der Waals surface area (Å²) in [5.41, 5.74) is 3.09. The summed E-state index contributed by atoms with van der Waals surface area (Å²) in [6.45, 7) is 5.38. The van der Waals surface area contributed by atoms with Crippen molar-refractivity contribution < 1.29 is 18.9 Å². The molecule has 150 valence electrons. The zero-order valence-electron chi connectivity index (χ0n) is 16.3. The van der Waals surface area contributed by atoms with Gasteiger partial charge in [-0.15, -0.1) is 10.2 Å². The van der Waals surface area contributed by atoms with E-state index in [-0.39, 0.29) is 17.5 Å². The molecule has 0 bridgehead atoms. The topological polar surface area (TPSA) is 126 Å². The van der Waals surface area contributed by atoms with Crippen LogP contribution >= 0.6 is 0 Å². The third kappa shape index (κ3) is 4.37. The lowest BCUT2D eigenvalue weighted by Crippen LogP contribution is -2.06. The van der Waals surface area contributed by atoms with Crippen LogP contribution < -0.4 is 0 Å². The molecule has 0 N–H and O–H groups in total. The van der Waals surface area contributed by atoms with Gasteiger partial charge in [0.2, 0.25) is 5.89 Å². The first-order chi connectivity index (χ1) is 13.8. The SMILES string of the molecule is Cc1nn(C)c(C)c1/C=C/C(=O)O[C@@H](C)c1nnc(-c2ccc([N+](=O)[O-])cc2)o1. The van der Waals surface area contributed by atoms with Gasteiger partial charge in [-0.05, 0) is 39.0 Å². The van der Waals surface area contributed by atoms with E-state index in [9.17, 15) is 14.9 Å². The van der Waals surface area contributed by atoms with E-state index in [0.29, 0.717) is 5.56 Å². The van der Waals surface area contributed by atoms with Crippen molar-refractivity contribution in [1.29, 1.82) is 0 Å². The van der Waals surface area contributed by atoms with Gasteiger partial charge in [0.05, 0.1) is 10.6 Å². The summed E-state index contributed by atoms with van der Waals surface area (Å²) in [7, 11) is 1.83. The number of benzene rings is 1. The van der Waals surface area contributed by atoms with Gasteiger partial charge in [0, 0.05) is 42.1 Å². The van der Waals surface area contributed by atoms with Crippen LogP contribution in [0.4, 0.5) is 5.69 Å². The van der Waals surface area contributed by atoms with Gasteiger partial charge in [-0.25, -0.2) is 4.79 Å². The number of ether oxygens (including phenoxy) is 1. The van der Waals surface area contributed by atoms with Crippen LogP contribution in [0.25, 0.3) is 17.5 Å². The van der Waals surface area contributed by atoms with E-state index >= 15 is 0 Å². The number of nitro groups is 1. The van der Waals surface area contributed by atoms with Crippen LogP contribution in [0.15, 0.2) is 34.8 Å². The van der Waals surface area contributed by atoms with Gasteiger partial charge in [-0.2, -0.15) is 5.10 Å². The quantitative estimate of drug-likeness (QED) is 0.268. The Labute approximate surface area is 166 Å². The Kier molecular flexibility index (Phi) is 5.53. The maximum absolute atomic E-state index is 12.1. The minimum Gasteiger partial charge on any atom is -0.449 e. The number of aromatic nitrogens is 4. The summed E-state index contributed by atoms with van der Waals surface area (Å²) in [5.74, 6) is -0.265. The highest BCUT2D eigenvalue weighted by molar-refractivity contribution is 5.87. The van der Waals surface area contributed by atoms with Crippen LogP contribution in [0.1, 0.15) is 35.9 Å². The second-order valence-corrected chi connectivity index (χ2v) is 6.37. The number of hydrogen-bond donors (Lipinski definition) is 0. The summed E-state index contributed by atoms with van der Waals surface area (Å²) in [5, 5.41) is 22.8. The first kappa shape index (κ1) is 19.9. The molecule has 2 heterocycles. The summed E-state index contributed by atoms with van der Waals surface area (Å²) >= 11 is 0. The highest BCUT2D eigenvalue weighted by atomic mass is 16.6. The lowest BCUT2D eigenvalue weighted by molar-refractivity contribution is -0.384. The number of hydrogen-bond acceptors (Lipinski definition) is 8. The Morgan fingerprint density at radius 3 is 2.55 bits per heavy atom. The van der Waals surface area contributed by atoms with E-state index in [1.165, 1.54) is 30.3 Å². The Balaban J connectivity index is 1.66. The van der Waals surface area contributed by atoms with E-state index in [1.54, 1.807) is 17.7 Å². The van der Waals surface area contributed by atoms with Gasteiger partial charge in [0.25, 0.3) is 11.6 Å². The normalized spacial score (nSPS) is 12.3. The molecular weight excluding hydrogens is 378 g/mol. The van der Waals surface area contributed by atoms with Crippen molar-refractivity contribution >= 4 is 17.7 Å². The number of aryl methyl sites for hydroxylation is 2. The molecule has 0 radical (unpaired) electrons. The Morgan fingerprint density at radius 2 is 1.97 bits per heavy atom. The molecule has 0 saturated carbocycles. The number of esters is 1. The lowest BCUT2D eigenvalue weighted by atomic mass is 10.2. The van der Waals surface area contributed by atoms with Gasteiger partial charge in [0.15, 0.2) is 6.10 Å². The average Bonchev–Trinajstić information content (AvgIpc) is 3.26. The first-order valence-corrected chi connectivity index (χ1v) is 8.73. The molecular formula is C19H19N5O5. The Bertz CT molecular complexity index is 1080. The minimum atomic E-state index is -0.762. The number of nitro benzene ring substituents is 1. The highest BCUT2D eigenvalue weighted by Crippen LogP contribution is 2.24. The van der Waals surface area contributed by atoms with Crippen LogP contribution in [-0.4, -0.2) is 30.9 Å². The van der Waals surface area contributed by atoms with E-state index in [0.717, 1.165) is 17.0 Å². The molecule has 2 aromatic heterocycles. The van der Waals surface area contributed by atoms with Gasteiger partial charge in [-0.1, -0.05) is 0 Å². The third-order valence-corrected chi connectivity index (χ3v) is 4.36. The number of carbonyl (C=O) groups is 1. The van der Waals surface area contributed by atoms with E-state index in [4.69, 9.17) is 9.15 Å². The summed E-state index contributed by atoms with van der Waals surface area (Å²) in [4.78, 5) is 22.3. The van der Waals surface area contributed by atoms with Crippen molar-refractivity contribution in [2.45, 2.75) is 26.9 Å². The molecule has 0 aliphatic heterocycles. The van der Waals surface area contributed by atoms with Crippen molar-refractivity contribution in [3.05, 3.63) is 63.3 Å². The summed E-state index contributed by atoms with van der Waals surface area (Å²) in [6.07, 6.45) is 2.21. The van der Waals surface area contributed by atoms with Crippen molar-refractivity contribution in [2.75, 3.05) is 0 Å². The highest BCUT2D eigenvalue weighted by Gasteiger charge is 2.19. The molecule has 0 amide bonds. The van der Waals surface area contributed by atoms with E-state index in [1.807, 2.05) is 20.9 Å². The third-order valence-electron chi connectivity index (χ3n) is 4.36. The zero-order valence-corrected chi connectivity index (χ0v) is 16.3. The van der Waals surface area contributed by atoms with E-state index in [2.05, 4.69) is 15.3 Å². The van der Waals surface area contributed by atoms with Crippen LogP contribution in [0.5, 0.6) is 0 Å². The Morgan fingerprint density at radius 1 is 1.28 bits per heavy atom. The standard InChI is InChI=1S/C19H19N5O5/c1-11-16(12(2)23(4)22-11)9-10-17(25)28-13(3)18-20-21-19(29-18)14-5-7-15(8-6-14)24(26)27/h5-10,13H,1-4H3/b10-9+/t13-/m0/s1. The predicted molar refractivity (Wildman–Crippen MR) is 103 cm³/mol. The summed E-state index contributed by atoms with van der Waals surface area (Å²) in [6, 6.07) is 5.70. The monoisotopic (exact) mass is 397 g/mol. The fourth-order valence-corrected chi connectivity index (χ4v) is 2.69. The number of non-ortho nitro benzene ring substituents is 1. The lowest BCUT2D eigenvalue weighted by Gasteiger charge is -2.06. The minimum absolute atomic E-state index is 0.0401. The molecule has 1 aromatic carbocycles. The van der Waals surface area contributed by atoms with Crippen molar-refractivity contribution in [3.63, 3.8) is 0 Å². The van der Waals surface area contributed by atoms with Gasteiger partial charge < -0.3 is 9.15 Å². The van der Waals surface area contributed by atoms with Gasteiger partial charge in [0.1, 0.15) is 0 Å². The molecule has 3 aromatic rings. The molecule has 0 fully saturated rings. The van der Waals surface area contributed by atoms with Crippen LogP contribution in [-0.2, 0) is 16.6 Å². The van der Waals surface area contributed by atoms with Crippen LogP contribution in [0, 0.1) is 24.0 Å². The maximum atomic E-state index is 12.1. The van der Waals surface area contributed by atoms with Crippen molar-refractivity contribution in [1.82, 2.24) is 20.0 Å². The average molecular weight is 397 g/mol. The molecule has 0 aliphatic carbocycles. The van der Waals surface area contributed by atoms with E-state index < -0.39 is 17.0 Å².